The molecule has 23 heavy (non-hydrogen) atoms. The van der Waals surface area contributed by atoms with E-state index in [1.807, 2.05) is 38.3 Å². The fourth-order valence-electron chi connectivity index (χ4n) is 2.02. The number of carbonyl (C=O) groups is 1. The highest BCUT2D eigenvalue weighted by Gasteiger charge is 2.14. The summed E-state index contributed by atoms with van der Waals surface area (Å²) in [6.07, 6.45) is 1.68. The van der Waals surface area contributed by atoms with Crippen LogP contribution in [0.25, 0.3) is 11.5 Å². The van der Waals surface area contributed by atoms with Gasteiger partial charge in [-0.1, -0.05) is 0 Å². The summed E-state index contributed by atoms with van der Waals surface area (Å²) in [4.78, 5) is 17.5. The van der Waals surface area contributed by atoms with Crippen LogP contribution in [0.2, 0.25) is 0 Å². The van der Waals surface area contributed by atoms with Crippen LogP contribution in [0, 0.1) is 20.8 Å². The van der Waals surface area contributed by atoms with Gasteiger partial charge in [-0.15, -0.1) is 21.5 Å². The van der Waals surface area contributed by atoms with Crippen molar-refractivity contribution in [1.29, 1.82) is 0 Å². The molecule has 3 heterocycles. The summed E-state index contributed by atoms with van der Waals surface area (Å²) < 4.78 is 5.56. The first-order chi connectivity index (χ1) is 11.0. The van der Waals surface area contributed by atoms with Crippen LogP contribution in [-0.4, -0.2) is 21.1 Å². The topological polar surface area (TPSA) is 80.9 Å². The molecule has 0 saturated heterocycles. The molecule has 0 atom stereocenters. The molecule has 0 spiro atoms. The Bertz CT molecular complexity index is 836. The van der Waals surface area contributed by atoms with Gasteiger partial charge in [-0.2, -0.15) is 0 Å². The average Bonchev–Trinajstić information content (AvgIpc) is 3.14. The highest BCUT2D eigenvalue weighted by atomic mass is 32.1. The average molecular weight is 328 g/mol. The van der Waals surface area contributed by atoms with Gasteiger partial charge < -0.3 is 9.73 Å². The number of hydrogen-bond acceptors (Lipinski definition) is 6. The Labute approximate surface area is 137 Å². The first kappa shape index (κ1) is 15.4. The lowest BCUT2D eigenvalue weighted by Gasteiger charge is -2.02. The molecule has 0 fully saturated rings. The van der Waals surface area contributed by atoms with Crippen molar-refractivity contribution in [3.05, 3.63) is 51.3 Å². The Balaban J connectivity index is 1.66. The van der Waals surface area contributed by atoms with Crippen molar-refractivity contribution in [2.45, 2.75) is 27.3 Å². The van der Waals surface area contributed by atoms with Gasteiger partial charge in [-0.3, -0.25) is 9.78 Å². The number of nitrogens with one attached hydrogen (secondary N) is 1. The molecule has 0 aliphatic rings. The van der Waals surface area contributed by atoms with Gasteiger partial charge >= 0.3 is 0 Å². The number of carbonyl (C=O) groups excluding carboxylic acids is 1. The largest absolute Gasteiger partial charge is 0.419 e. The number of thiophene rings is 1. The molecule has 3 aromatic rings. The summed E-state index contributed by atoms with van der Waals surface area (Å²) in [6, 6.07) is 3.75. The van der Waals surface area contributed by atoms with E-state index in [0.29, 0.717) is 17.3 Å². The smallest absolute Gasteiger partial charge is 0.252 e. The zero-order chi connectivity index (χ0) is 16.4. The maximum atomic E-state index is 12.2. The molecule has 0 bridgehead atoms. The fraction of sp³-hybridized carbons (Fsp3) is 0.250. The minimum Gasteiger partial charge on any atom is -0.419 e. The molecule has 0 radical (unpaired) electrons. The molecule has 1 N–H and O–H groups in total. The molecule has 0 aromatic carbocycles. The molecule has 0 unspecified atom stereocenters. The summed E-state index contributed by atoms with van der Waals surface area (Å²) in [7, 11) is 0. The third-order valence-corrected chi connectivity index (χ3v) is 4.57. The van der Waals surface area contributed by atoms with Crippen LogP contribution in [0.15, 0.2) is 28.1 Å². The SMILES string of the molecule is Cc1ccc(-c2nnc(CNC(=O)c3csc(C)c3C)o2)cn1. The van der Waals surface area contributed by atoms with Crippen LogP contribution in [0.5, 0.6) is 0 Å². The normalized spacial score (nSPS) is 10.7. The van der Waals surface area contributed by atoms with Gasteiger partial charge in [-0.25, -0.2) is 0 Å². The lowest BCUT2D eigenvalue weighted by molar-refractivity contribution is 0.0947. The Morgan fingerprint density at radius 2 is 2.09 bits per heavy atom. The lowest BCUT2D eigenvalue weighted by Crippen LogP contribution is -2.23. The van der Waals surface area contributed by atoms with E-state index in [-0.39, 0.29) is 12.5 Å². The number of nitrogens with zero attached hydrogens (tertiary/aromatic N) is 3. The maximum absolute atomic E-state index is 12.2. The lowest BCUT2D eigenvalue weighted by atomic mass is 10.2. The molecule has 1 amide bonds. The van der Waals surface area contributed by atoms with Crippen molar-refractivity contribution in [2.75, 3.05) is 0 Å². The number of aryl methyl sites for hydroxylation is 2. The van der Waals surface area contributed by atoms with Crippen LogP contribution in [0.1, 0.15) is 32.4 Å². The molecule has 0 aliphatic carbocycles. The van der Waals surface area contributed by atoms with E-state index in [1.165, 1.54) is 0 Å². The van der Waals surface area contributed by atoms with Crippen LogP contribution in [-0.2, 0) is 6.54 Å². The Kier molecular flexibility index (Phi) is 4.20. The number of pyridine rings is 1. The van der Waals surface area contributed by atoms with E-state index in [9.17, 15) is 4.79 Å². The fourth-order valence-corrected chi connectivity index (χ4v) is 2.89. The number of rotatable bonds is 4. The Morgan fingerprint density at radius 3 is 2.74 bits per heavy atom. The first-order valence-electron chi connectivity index (χ1n) is 7.13. The molecule has 3 aromatic heterocycles. The van der Waals surface area contributed by atoms with E-state index in [1.54, 1.807) is 17.5 Å². The van der Waals surface area contributed by atoms with Gasteiger partial charge in [0.05, 0.1) is 17.7 Å². The molecule has 118 valence electrons. The van der Waals surface area contributed by atoms with Crippen molar-refractivity contribution in [3.8, 4) is 11.5 Å². The predicted molar refractivity (Wildman–Crippen MR) is 87.2 cm³/mol. The van der Waals surface area contributed by atoms with Gasteiger partial charge in [0, 0.05) is 22.1 Å². The van der Waals surface area contributed by atoms with Crippen molar-refractivity contribution in [1.82, 2.24) is 20.5 Å². The molecule has 0 saturated carbocycles. The third kappa shape index (κ3) is 3.29. The number of hydrogen-bond donors (Lipinski definition) is 1. The molecular weight excluding hydrogens is 312 g/mol. The van der Waals surface area contributed by atoms with Crippen LogP contribution in [0.4, 0.5) is 0 Å². The molecular formula is C16H16N4O2S. The van der Waals surface area contributed by atoms with E-state index in [0.717, 1.165) is 21.7 Å². The van der Waals surface area contributed by atoms with Crippen LogP contribution in [0.3, 0.4) is 0 Å². The molecule has 6 nitrogen and oxygen atoms in total. The Morgan fingerprint density at radius 1 is 1.26 bits per heavy atom. The van der Waals surface area contributed by atoms with Crippen molar-refractivity contribution in [3.63, 3.8) is 0 Å². The third-order valence-electron chi connectivity index (χ3n) is 3.56. The second-order valence-corrected chi connectivity index (χ2v) is 6.29. The van der Waals surface area contributed by atoms with E-state index < -0.39 is 0 Å². The minimum atomic E-state index is -0.136. The summed E-state index contributed by atoms with van der Waals surface area (Å²) in [6.45, 7) is 6.04. The number of amides is 1. The highest BCUT2D eigenvalue weighted by Crippen LogP contribution is 2.20. The summed E-state index contributed by atoms with van der Waals surface area (Å²) in [5.41, 5.74) is 3.37. The van der Waals surface area contributed by atoms with Gasteiger partial charge in [0.15, 0.2) is 0 Å². The molecule has 3 rings (SSSR count). The Hall–Kier alpha value is -2.54. The van der Waals surface area contributed by atoms with Crippen LogP contribution < -0.4 is 5.32 Å². The first-order valence-corrected chi connectivity index (χ1v) is 8.01. The van der Waals surface area contributed by atoms with Gasteiger partial charge in [0.2, 0.25) is 11.8 Å². The van der Waals surface area contributed by atoms with E-state index in [2.05, 4.69) is 20.5 Å². The molecule has 0 aliphatic heterocycles. The van der Waals surface area contributed by atoms with Crippen molar-refractivity contribution < 1.29 is 9.21 Å². The van der Waals surface area contributed by atoms with Crippen molar-refractivity contribution >= 4 is 17.2 Å². The quantitative estimate of drug-likeness (QED) is 0.796. The van der Waals surface area contributed by atoms with Crippen molar-refractivity contribution in [2.24, 2.45) is 0 Å². The van der Waals surface area contributed by atoms with Gasteiger partial charge in [-0.05, 0) is 38.5 Å². The minimum absolute atomic E-state index is 0.136. The van der Waals surface area contributed by atoms with E-state index >= 15 is 0 Å². The van der Waals surface area contributed by atoms with E-state index in [4.69, 9.17) is 4.42 Å². The van der Waals surface area contributed by atoms with Gasteiger partial charge in [0.1, 0.15) is 0 Å². The molecule has 7 heteroatoms. The second kappa shape index (κ2) is 6.29. The maximum Gasteiger partial charge on any atom is 0.252 e. The zero-order valence-corrected chi connectivity index (χ0v) is 13.9. The zero-order valence-electron chi connectivity index (χ0n) is 13.1. The summed E-state index contributed by atoms with van der Waals surface area (Å²) in [5.74, 6) is 0.617. The monoisotopic (exact) mass is 328 g/mol. The predicted octanol–water partition coefficient (Wildman–Crippen LogP) is 3.05. The highest BCUT2D eigenvalue weighted by molar-refractivity contribution is 7.10. The standard InChI is InChI=1S/C16H16N4O2S/c1-9-4-5-12(6-17-9)16-20-19-14(22-16)7-18-15(21)13-8-23-11(3)10(13)2/h4-6,8H,7H2,1-3H3,(H,18,21). The second-order valence-electron chi connectivity index (χ2n) is 5.20. The summed E-state index contributed by atoms with van der Waals surface area (Å²) in [5, 5.41) is 12.6. The number of aromatic nitrogens is 3. The van der Waals surface area contributed by atoms with Crippen LogP contribution >= 0.6 is 11.3 Å². The summed E-state index contributed by atoms with van der Waals surface area (Å²) >= 11 is 1.56. The van der Waals surface area contributed by atoms with Gasteiger partial charge in [0.25, 0.3) is 5.91 Å².